The summed E-state index contributed by atoms with van der Waals surface area (Å²) in [7, 11) is 1.81. The topological polar surface area (TPSA) is 48.9 Å². The number of rotatable bonds is 6. The van der Waals surface area contributed by atoms with Gasteiger partial charge in [-0.15, -0.1) is 0 Å². The van der Waals surface area contributed by atoms with Crippen molar-refractivity contribution >= 4 is 5.96 Å². The third-order valence-electron chi connectivity index (χ3n) is 3.60. The molecule has 0 bridgehead atoms. The van der Waals surface area contributed by atoms with E-state index in [1.54, 1.807) is 0 Å². The molecule has 0 spiro atoms. The zero-order chi connectivity index (χ0) is 14.8. The van der Waals surface area contributed by atoms with Gasteiger partial charge in [-0.25, -0.2) is 0 Å². The highest BCUT2D eigenvalue weighted by Crippen LogP contribution is 1.98. The average molecular weight is 290 g/mol. The van der Waals surface area contributed by atoms with Gasteiger partial charge in [0.25, 0.3) is 0 Å². The van der Waals surface area contributed by atoms with E-state index in [1.807, 2.05) is 13.1 Å². The van der Waals surface area contributed by atoms with E-state index in [1.165, 1.54) is 5.56 Å². The van der Waals surface area contributed by atoms with Crippen LogP contribution in [-0.2, 0) is 11.2 Å². The summed E-state index contributed by atoms with van der Waals surface area (Å²) >= 11 is 0. The first-order chi connectivity index (χ1) is 10.4. The van der Waals surface area contributed by atoms with Crippen molar-refractivity contribution in [2.75, 3.05) is 53.0 Å². The molecular formula is C16H26N4O. The van der Waals surface area contributed by atoms with Crippen LogP contribution in [0.5, 0.6) is 0 Å². The summed E-state index contributed by atoms with van der Waals surface area (Å²) in [5, 5.41) is 6.71. The lowest BCUT2D eigenvalue weighted by molar-refractivity contribution is 0.0389. The first-order valence-corrected chi connectivity index (χ1v) is 7.67. The third kappa shape index (κ3) is 6.14. The van der Waals surface area contributed by atoms with Crippen molar-refractivity contribution in [1.82, 2.24) is 15.5 Å². The van der Waals surface area contributed by atoms with Crippen molar-refractivity contribution in [2.45, 2.75) is 6.42 Å². The van der Waals surface area contributed by atoms with Crippen molar-refractivity contribution in [1.29, 1.82) is 0 Å². The fraction of sp³-hybridized carbons (Fsp3) is 0.562. The molecule has 1 aliphatic heterocycles. The van der Waals surface area contributed by atoms with Gasteiger partial charge in [-0.3, -0.25) is 9.89 Å². The molecule has 21 heavy (non-hydrogen) atoms. The molecule has 5 nitrogen and oxygen atoms in total. The molecule has 2 N–H and O–H groups in total. The summed E-state index contributed by atoms with van der Waals surface area (Å²) in [4.78, 5) is 6.66. The Morgan fingerprint density at radius 1 is 1.14 bits per heavy atom. The predicted octanol–water partition coefficient (Wildman–Crippen LogP) is 0.726. The van der Waals surface area contributed by atoms with Crippen LogP contribution in [0.4, 0.5) is 0 Å². The number of benzene rings is 1. The molecule has 0 unspecified atom stereocenters. The van der Waals surface area contributed by atoms with Crippen LogP contribution < -0.4 is 10.6 Å². The first kappa shape index (κ1) is 15.8. The van der Waals surface area contributed by atoms with Crippen molar-refractivity contribution in [2.24, 2.45) is 4.99 Å². The lowest BCUT2D eigenvalue weighted by Gasteiger charge is -2.26. The summed E-state index contributed by atoms with van der Waals surface area (Å²) in [5.41, 5.74) is 1.34. The van der Waals surface area contributed by atoms with E-state index in [0.717, 1.165) is 58.3 Å². The number of hydrogen-bond donors (Lipinski definition) is 2. The van der Waals surface area contributed by atoms with E-state index in [-0.39, 0.29) is 0 Å². The Morgan fingerprint density at radius 3 is 2.57 bits per heavy atom. The normalized spacial score (nSPS) is 16.7. The van der Waals surface area contributed by atoms with Gasteiger partial charge in [0.05, 0.1) is 13.2 Å². The Bertz CT molecular complexity index is 416. The van der Waals surface area contributed by atoms with E-state index in [4.69, 9.17) is 4.74 Å². The third-order valence-corrected chi connectivity index (χ3v) is 3.60. The van der Waals surface area contributed by atoms with Gasteiger partial charge in [0.2, 0.25) is 0 Å². The maximum absolute atomic E-state index is 5.35. The molecular weight excluding hydrogens is 264 g/mol. The molecule has 0 atom stereocenters. The highest BCUT2D eigenvalue weighted by atomic mass is 16.5. The molecule has 1 saturated heterocycles. The van der Waals surface area contributed by atoms with E-state index in [9.17, 15) is 0 Å². The molecule has 1 aromatic carbocycles. The molecule has 0 aromatic heterocycles. The standard InChI is InChI=1S/C16H26N4O/c1-17-16(18-8-7-15-5-3-2-4-6-15)19-9-10-20-11-13-21-14-12-20/h2-6H,7-14H2,1H3,(H2,17,18,19). The van der Waals surface area contributed by atoms with Crippen LogP contribution in [0.1, 0.15) is 5.56 Å². The van der Waals surface area contributed by atoms with Crippen LogP contribution >= 0.6 is 0 Å². The lowest BCUT2D eigenvalue weighted by Crippen LogP contribution is -2.44. The molecule has 1 fully saturated rings. The van der Waals surface area contributed by atoms with E-state index in [0.29, 0.717) is 0 Å². The Hall–Kier alpha value is -1.59. The predicted molar refractivity (Wildman–Crippen MR) is 86.8 cm³/mol. The number of morpholine rings is 1. The second-order valence-corrected chi connectivity index (χ2v) is 5.12. The van der Waals surface area contributed by atoms with Crippen molar-refractivity contribution in [3.63, 3.8) is 0 Å². The molecule has 1 aliphatic rings. The van der Waals surface area contributed by atoms with Crippen LogP contribution in [-0.4, -0.2) is 63.8 Å². The zero-order valence-electron chi connectivity index (χ0n) is 12.8. The Labute approximate surface area is 127 Å². The van der Waals surface area contributed by atoms with Gasteiger partial charge in [0.1, 0.15) is 0 Å². The highest BCUT2D eigenvalue weighted by Gasteiger charge is 2.09. The van der Waals surface area contributed by atoms with Gasteiger partial charge in [-0.1, -0.05) is 30.3 Å². The van der Waals surface area contributed by atoms with E-state index >= 15 is 0 Å². The highest BCUT2D eigenvalue weighted by molar-refractivity contribution is 5.79. The van der Waals surface area contributed by atoms with Gasteiger partial charge < -0.3 is 15.4 Å². The van der Waals surface area contributed by atoms with Crippen LogP contribution in [0.3, 0.4) is 0 Å². The number of nitrogens with zero attached hydrogens (tertiary/aromatic N) is 2. The number of hydrogen-bond acceptors (Lipinski definition) is 3. The Morgan fingerprint density at radius 2 is 1.86 bits per heavy atom. The Balaban J connectivity index is 1.59. The first-order valence-electron chi connectivity index (χ1n) is 7.67. The molecule has 0 radical (unpaired) electrons. The lowest BCUT2D eigenvalue weighted by atomic mass is 10.1. The second kappa shape index (κ2) is 9.37. The minimum Gasteiger partial charge on any atom is -0.379 e. The summed E-state index contributed by atoms with van der Waals surface area (Å²) in [6.45, 7) is 6.59. The SMILES string of the molecule is CN=C(NCCc1ccccc1)NCCN1CCOCC1. The molecule has 1 aromatic rings. The largest absolute Gasteiger partial charge is 0.379 e. The summed E-state index contributed by atoms with van der Waals surface area (Å²) in [6, 6.07) is 10.5. The van der Waals surface area contributed by atoms with Gasteiger partial charge >= 0.3 is 0 Å². The number of nitrogens with one attached hydrogen (secondary N) is 2. The number of guanidine groups is 1. The van der Waals surface area contributed by atoms with Crippen molar-refractivity contribution < 1.29 is 4.74 Å². The Kier molecular flexibility index (Phi) is 7.04. The molecule has 0 aliphatic carbocycles. The quantitative estimate of drug-likeness (QED) is 0.599. The molecule has 5 heteroatoms. The molecule has 116 valence electrons. The van der Waals surface area contributed by atoms with Crippen LogP contribution in [0.15, 0.2) is 35.3 Å². The van der Waals surface area contributed by atoms with Gasteiger partial charge in [-0.2, -0.15) is 0 Å². The van der Waals surface area contributed by atoms with Crippen LogP contribution in [0.2, 0.25) is 0 Å². The fourth-order valence-electron chi connectivity index (χ4n) is 2.35. The number of ether oxygens (including phenoxy) is 1. The summed E-state index contributed by atoms with van der Waals surface area (Å²) < 4.78 is 5.35. The van der Waals surface area contributed by atoms with Gasteiger partial charge in [-0.05, 0) is 12.0 Å². The second-order valence-electron chi connectivity index (χ2n) is 5.12. The van der Waals surface area contributed by atoms with Crippen molar-refractivity contribution in [3.8, 4) is 0 Å². The van der Waals surface area contributed by atoms with E-state index < -0.39 is 0 Å². The summed E-state index contributed by atoms with van der Waals surface area (Å²) in [5.74, 6) is 0.874. The molecule has 1 heterocycles. The maximum atomic E-state index is 5.35. The van der Waals surface area contributed by atoms with E-state index in [2.05, 4.69) is 44.8 Å². The minimum absolute atomic E-state index is 0.851. The monoisotopic (exact) mass is 290 g/mol. The fourth-order valence-corrected chi connectivity index (χ4v) is 2.35. The average Bonchev–Trinajstić information content (AvgIpc) is 2.55. The van der Waals surface area contributed by atoms with Crippen molar-refractivity contribution in [3.05, 3.63) is 35.9 Å². The minimum atomic E-state index is 0.851. The molecule has 0 saturated carbocycles. The van der Waals surface area contributed by atoms with Crippen LogP contribution in [0.25, 0.3) is 0 Å². The molecule has 2 rings (SSSR count). The van der Waals surface area contributed by atoms with Gasteiger partial charge in [0.15, 0.2) is 5.96 Å². The maximum Gasteiger partial charge on any atom is 0.191 e. The zero-order valence-corrected chi connectivity index (χ0v) is 12.8. The van der Waals surface area contributed by atoms with Gasteiger partial charge in [0, 0.05) is 39.8 Å². The number of aliphatic imine (C=N–C) groups is 1. The smallest absolute Gasteiger partial charge is 0.191 e. The molecule has 0 amide bonds. The van der Waals surface area contributed by atoms with Crippen LogP contribution in [0, 0.1) is 0 Å². The summed E-state index contributed by atoms with van der Waals surface area (Å²) in [6.07, 6.45) is 1.00.